The van der Waals surface area contributed by atoms with E-state index in [2.05, 4.69) is 62.0 Å². The molecule has 9 heterocycles. The largest absolute Gasteiger partial charge is 1.00 e. The molecule has 2 fully saturated rings. The third-order valence-corrected chi connectivity index (χ3v) is 25.7. The van der Waals surface area contributed by atoms with Gasteiger partial charge in [-0.25, -0.2) is 24.0 Å². The van der Waals surface area contributed by atoms with Gasteiger partial charge in [-0.05, 0) is 213 Å². The maximum absolute atomic E-state index is 12.8. The number of allylic oxidation sites excluding steroid dienone is 3. The number of nitrogens with one attached hydrogen (secondary N) is 3. The fourth-order valence-electron chi connectivity index (χ4n) is 15.0. The van der Waals surface area contributed by atoms with Crippen LogP contribution in [0.4, 0.5) is 4.39 Å². The number of amides is 3. The van der Waals surface area contributed by atoms with Crippen LogP contribution in [0.1, 0.15) is 175 Å². The molecule has 2 saturated heterocycles. The first-order valence-corrected chi connectivity index (χ1v) is 46.8. The van der Waals surface area contributed by atoms with Crippen molar-refractivity contribution in [2.45, 2.75) is 134 Å². The molecule has 0 saturated carbocycles. The van der Waals surface area contributed by atoms with E-state index in [0.29, 0.717) is 77.0 Å². The minimum absolute atomic E-state index is 0. The molecule has 13 aromatic rings. The smallest absolute Gasteiger partial charge is 0.478 e. The topological polar surface area (TPSA) is 508 Å². The number of aryl methyl sites for hydroxylation is 8. The third-order valence-electron chi connectivity index (χ3n) is 23.6. The Morgan fingerprint density at radius 1 is 0.554 bits per heavy atom. The number of rotatable bonds is 17. The van der Waals surface area contributed by atoms with Crippen molar-refractivity contribution in [3.8, 4) is 56.3 Å². The number of carbonyl (C=O) groups excluding carboxylic acids is 6. The van der Waals surface area contributed by atoms with E-state index in [-0.39, 0.29) is 114 Å². The number of halogens is 6. The maximum Gasteiger partial charge on any atom is 1.00 e. The van der Waals surface area contributed by atoms with Crippen molar-refractivity contribution in [1.82, 2.24) is 78.9 Å². The zero-order valence-corrected chi connectivity index (χ0v) is 92.6. The summed E-state index contributed by atoms with van der Waals surface area (Å²) in [5, 5.41) is 60.0. The van der Waals surface area contributed by atoms with Crippen molar-refractivity contribution in [1.29, 1.82) is 0 Å². The van der Waals surface area contributed by atoms with Crippen LogP contribution in [0.3, 0.4) is 0 Å². The quantitative estimate of drug-likeness (QED) is 0.00846. The van der Waals surface area contributed by atoms with Gasteiger partial charge in [0, 0.05) is 160 Å². The van der Waals surface area contributed by atoms with E-state index >= 15 is 0 Å². The van der Waals surface area contributed by atoms with Gasteiger partial charge in [0.2, 0.25) is 11.8 Å². The van der Waals surface area contributed by atoms with E-state index in [0.717, 1.165) is 117 Å². The summed E-state index contributed by atoms with van der Waals surface area (Å²) in [5.41, 5.74) is 35.5. The van der Waals surface area contributed by atoms with Gasteiger partial charge in [-0.3, -0.25) is 67.2 Å². The molecule has 46 heteroatoms. The van der Waals surface area contributed by atoms with Crippen molar-refractivity contribution in [2.75, 3.05) is 27.9 Å². The van der Waals surface area contributed by atoms with E-state index in [9.17, 15) is 52.3 Å². The Hall–Kier alpha value is -13.8. The Balaban J connectivity index is 0.000000296. The van der Waals surface area contributed by atoms with Crippen molar-refractivity contribution < 1.29 is 113 Å². The molecule has 3 amide bonds. The zero-order valence-electron chi connectivity index (χ0n) is 87.0. The van der Waals surface area contributed by atoms with Gasteiger partial charge in [0.15, 0.2) is 5.78 Å². The van der Waals surface area contributed by atoms with E-state index in [1.165, 1.54) is 19.8 Å². The average molecular weight is 2190 g/mol. The van der Waals surface area contributed by atoms with E-state index in [1.807, 2.05) is 202 Å². The molecular formula is C102H116BBrCl4FN20NaO18. The fraction of sp³-hybridized carbons (Fsp3) is 0.294. The summed E-state index contributed by atoms with van der Waals surface area (Å²) in [4.78, 5) is 124. The number of esters is 2. The van der Waals surface area contributed by atoms with Crippen LogP contribution in [-0.2, 0) is 82.0 Å². The first kappa shape index (κ1) is 123. The molecule has 0 atom stereocenters. The van der Waals surface area contributed by atoms with Gasteiger partial charge in [-0.2, -0.15) is 35.0 Å². The zero-order chi connectivity index (χ0) is 111. The average Bonchev–Trinajstić information content (AvgIpc) is 1.61. The number of carboxylic acid groups (broad SMARTS) is 3. The summed E-state index contributed by atoms with van der Waals surface area (Å²) in [7, 11) is 12.4. The number of hydrogen-bond acceptors (Lipinski definition) is 24. The number of Topliss-reactive ketones (excluding diaryl/α,β-unsaturated/α-hetero) is 1. The second kappa shape index (κ2) is 58.0. The van der Waals surface area contributed by atoms with Crippen molar-refractivity contribution in [2.24, 2.45) is 58.5 Å². The van der Waals surface area contributed by atoms with Gasteiger partial charge in [-0.15, -0.1) is 4.91 Å². The number of aromatic amines is 1. The number of ketones is 1. The molecule has 2 aliphatic heterocycles. The van der Waals surface area contributed by atoms with Crippen LogP contribution in [0.25, 0.3) is 61.8 Å². The Labute approximate surface area is 907 Å². The van der Waals surface area contributed by atoms with Crippen LogP contribution in [0.15, 0.2) is 213 Å². The number of alkyl halides is 1. The monoisotopic (exact) mass is 2180 g/mol. The number of carboxylic acids is 3. The summed E-state index contributed by atoms with van der Waals surface area (Å²) in [6.45, 7) is 27.3. The summed E-state index contributed by atoms with van der Waals surface area (Å²) in [5.74, 6) is -4.13. The van der Waals surface area contributed by atoms with E-state index in [1.54, 1.807) is 147 Å². The number of aromatic nitrogens is 13. The predicted molar refractivity (Wildman–Crippen MR) is 565 cm³/mol. The van der Waals surface area contributed by atoms with Crippen molar-refractivity contribution in [3.05, 3.63) is 317 Å². The number of benzene rings is 6. The SMILES string of the molecule is CC1=CC(C)=C(CNC(=O)c2cccc(-c3c(Cl)cnn3C)c2C)C(=O)C1.COC(=O)c1cccc(-c2c(Cl)cnn2C)c1C.COC(=O)c1cccc(-c2ccnn2C)c1C.Cc1c(Br)cccc1C(=O)O.Cc1c(C(=O)O)cccc1-c1c(Cl)cnn1C.Cc1c(C(=O)O)cccc1-c1ccnn1C.Cc1cc(C)c(CN)c(=O)[nH]1.Cn1nccc1B1OC(C)(C)C(C)(C)O1.O=C1CCC(=O)N1Cl.[2H]CF.[N-]=NNN=O.[Na+]. The summed E-state index contributed by atoms with van der Waals surface area (Å²) in [6, 6.07) is 39.7. The van der Waals surface area contributed by atoms with Crippen LogP contribution in [0.5, 0.6) is 0 Å². The van der Waals surface area contributed by atoms with Gasteiger partial charge in [0.05, 0.1) is 129 Å². The molecule has 0 unspecified atom stereocenters. The Bertz CT molecular complexity index is 7020. The Morgan fingerprint density at radius 2 is 0.912 bits per heavy atom. The van der Waals surface area contributed by atoms with Crippen LogP contribution in [0.2, 0.25) is 15.1 Å². The standard InChI is InChI=1S/C21H22ClN3O2.C13H13ClN2O2.C13H14N2O2.C12H11ClN2O2.C12H12N2O2.C10H17BN2O2.C8H7BrO2.C8H12N2O.C4H4ClNO2.CH3F.HN4O.Na/c1-12-8-13(2)17(19(26)9-12)10-23-21(27)16-7-5-6-15(14(16)3)20-18(22)11-24-25(20)4;1-8-9(12-11(14)7-15-16(12)2)5-4-6-10(8)13(17)18-3;1-9-10(12-7-8-14-15(12)2)5-4-6-11(9)13(16)17-3;1-7-8(4-3-5-9(7)12(16)17)11-10(13)6-14-15(11)2;1-8-9(11-6-7-13-14(11)2)4-3-5-10(8)12(15)16;1-9(2)10(3,4)15-11(14-9)8-6-7-12-13(8)5;1-5-6(8(10)11)3-2-4-7(5)9;1-5-3-6(2)10-8(11)7(5)4-9;5-6-3(7)1-2-4(6)8;1-2;1-2-3-4-5;/h5-8,11H,9-10H2,1-4H3,(H,23,27);4-7H,1-3H3;4-8H,1-3H3;3-6H,1-2H3,(H,16,17);3-7H,1-2H3,(H,15,16);6-7H,1-5H3;2-4H,1H3,(H,10,11);3H,4,9H2,1-2H3,(H,10,11);1-2H2;1H3;(H-,1,3,5);/q;;;;;;;;;;-1;+1/i;;;;;;;;;1D;;. The molecule has 38 nitrogen and oxygen atoms in total. The summed E-state index contributed by atoms with van der Waals surface area (Å²) in [6.07, 6.45) is 12.8. The number of H-pyrrole nitrogens is 1. The number of nitrogens with two attached hydrogens (primary N) is 1. The second-order valence-electron chi connectivity index (χ2n) is 33.7. The van der Waals surface area contributed by atoms with Gasteiger partial charge >= 0.3 is 66.5 Å². The number of carbonyl (C=O) groups is 9. The fourth-order valence-corrected chi connectivity index (χ4v) is 16.3. The van der Waals surface area contributed by atoms with E-state index in [4.69, 9.17) is 98.2 Å². The predicted octanol–water partition coefficient (Wildman–Crippen LogP) is 15.6. The first-order chi connectivity index (χ1) is 69.8. The molecule has 3 aliphatic rings. The number of methoxy groups -OCH3 is 2. The summed E-state index contributed by atoms with van der Waals surface area (Å²) >= 11 is 26.8. The molecule has 778 valence electrons. The number of nitroso groups, excluding NO2 is 1. The minimum Gasteiger partial charge on any atom is -0.478 e. The molecule has 0 radical (unpaired) electrons. The van der Waals surface area contributed by atoms with Crippen molar-refractivity contribution in [3.63, 3.8) is 0 Å². The maximum atomic E-state index is 12.8. The molecule has 7 aromatic heterocycles. The molecule has 0 bridgehead atoms. The molecule has 0 spiro atoms. The summed E-state index contributed by atoms with van der Waals surface area (Å²) < 4.78 is 48.6. The van der Waals surface area contributed by atoms with Gasteiger partial charge in [0.1, 0.15) is 0 Å². The number of nitrogens with zero attached hydrogens (tertiary/aromatic N) is 16. The molecule has 16 rings (SSSR count). The van der Waals surface area contributed by atoms with Gasteiger partial charge < -0.3 is 55.7 Å². The molecule has 6 aromatic carbocycles. The number of pyridine rings is 1. The first-order valence-electron chi connectivity index (χ1n) is 45.3. The van der Waals surface area contributed by atoms with Gasteiger partial charge in [0.25, 0.3) is 11.5 Å². The number of imide groups is 1. The minimum atomic E-state index is -1.00. The van der Waals surface area contributed by atoms with Crippen LogP contribution in [-0.4, -0.2) is 183 Å². The number of aromatic carboxylic acids is 3. The Kier molecular flexibility index (Phi) is 48.2. The Morgan fingerprint density at radius 3 is 1.23 bits per heavy atom. The molecular weight excluding hydrogens is 2070 g/mol. The van der Waals surface area contributed by atoms with Crippen molar-refractivity contribution >= 4 is 129 Å². The normalized spacial score (nSPS) is 12.7. The number of ether oxygens (including phenoxy) is 2. The third kappa shape index (κ3) is 32.6. The van der Waals surface area contributed by atoms with Crippen LogP contribution >= 0.6 is 62.5 Å². The van der Waals surface area contributed by atoms with E-state index < -0.39 is 25.1 Å². The molecule has 1 aliphatic carbocycles. The van der Waals surface area contributed by atoms with Crippen LogP contribution < -0.4 is 57.3 Å². The van der Waals surface area contributed by atoms with Gasteiger partial charge in [-0.1, -0.05) is 129 Å². The second-order valence-corrected chi connectivity index (χ2v) is 36.1. The number of hydrogen-bond donors (Lipinski definition) is 7. The molecule has 148 heavy (non-hydrogen) atoms. The molecule has 8 N–H and O–H groups in total. The van der Waals surface area contributed by atoms with Crippen LogP contribution in [0, 0.1) is 60.3 Å².